The first-order valence-electron chi connectivity index (χ1n) is 6.13. The van der Waals surface area contributed by atoms with Crippen molar-refractivity contribution in [2.45, 2.75) is 40.7 Å². The summed E-state index contributed by atoms with van der Waals surface area (Å²) in [6.07, 6.45) is 0.954. The van der Waals surface area contributed by atoms with E-state index in [0.717, 1.165) is 13.0 Å². The van der Waals surface area contributed by atoms with Gasteiger partial charge in [-0.3, -0.25) is 0 Å². The van der Waals surface area contributed by atoms with Crippen LogP contribution in [0, 0.1) is 20.8 Å². The van der Waals surface area contributed by atoms with Gasteiger partial charge in [-0.25, -0.2) is 4.79 Å². The lowest BCUT2D eigenvalue weighted by Crippen LogP contribution is -2.35. The van der Waals surface area contributed by atoms with Crippen LogP contribution >= 0.6 is 0 Å². The molecule has 1 rings (SSSR count). The van der Waals surface area contributed by atoms with E-state index in [1.807, 2.05) is 6.92 Å². The van der Waals surface area contributed by atoms with Crippen molar-refractivity contribution in [3.05, 3.63) is 34.4 Å². The fourth-order valence-corrected chi connectivity index (χ4v) is 1.96. The molecule has 0 aliphatic heterocycles. The van der Waals surface area contributed by atoms with Crippen molar-refractivity contribution in [2.24, 2.45) is 0 Å². The molecule has 0 radical (unpaired) electrons. The van der Waals surface area contributed by atoms with Gasteiger partial charge in [0.15, 0.2) is 0 Å². The molecule has 0 aliphatic carbocycles. The van der Waals surface area contributed by atoms with Crippen LogP contribution in [0.1, 0.15) is 35.6 Å². The second-order valence-corrected chi connectivity index (χ2v) is 4.49. The molecule has 0 heterocycles. The number of urea groups is 1. The number of aryl methyl sites for hydroxylation is 3. The smallest absolute Gasteiger partial charge is 0.315 e. The highest BCUT2D eigenvalue weighted by Crippen LogP contribution is 2.15. The summed E-state index contributed by atoms with van der Waals surface area (Å²) in [5.74, 6) is 0. The average Bonchev–Trinajstić information content (AvgIpc) is 2.24. The molecule has 0 saturated heterocycles. The van der Waals surface area contributed by atoms with Crippen LogP contribution in [0.4, 0.5) is 4.79 Å². The van der Waals surface area contributed by atoms with E-state index in [4.69, 9.17) is 0 Å². The molecule has 0 aliphatic rings. The van der Waals surface area contributed by atoms with Gasteiger partial charge in [-0.15, -0.1) is 0 Å². The maximum absolute atomic E-state index is 11.4. The summed E-state index contributed by atoms with van der Waals surface area (Å²) in [4.78, 5) is 11.4. The molecule has 0 spiro atoms. The van der Waals surface area contributed by atoms with Gasteiger partial charge in [0, 0.05) is 13.1 Å². The number of carbonyl (C=O) groups is 1. The van der Waals surface area contributed by atoms with Gasteiger partial charge in [-0.05, 0) is 43.9 Å². The predicted octanol–water partition coefficient (Wildman–Crippen LogP) is 2.82. The Morgan fingerprint density at radius 3 is 2.24 bits per heavy atom. The van der Waals surface area contributed by atoms with Crippen molar-refractivity contribution >= 4 is 6.03 Å². The van der Waals surface area contributed by atoms with E-state index in [9.17, 15) is 4.79 Å². The Balaban J connectivity index is 2.60. The van der Waals surface area contributed by atoms with E-state index in [1.165, 1.54) is 22.3 Å². The Kier molecular flexibility index (Phi) is 5.01. The maximum atomic E-state index is 11.4. The molecule has 2 amide bonds. The van der Waals surface area contributed by atoms with Crippen LogP contribution in [-0.4, -0.2) is 12.6 Å². The van der Waals surface area contributed by atoms with Crippen LogP contribution in [0.25, 0.3) is 0 Å². The number of nitrogens with one attached hydrogen (secondary N) is 2. The summed E-state index contributed by atoms with van der Waals surface area (Å²) in [5.41, 5.74) is 4.94. The molecule has 1 aromatic carbocycles. The Labute approximate surface area is 104 Å². The summed E-state index contributed by atoms with van der Waals surface area (Å²) in [7, 11) is 0. The number of amides is 2. The molecule has 3 nitrogen and oxygen atoms in total. The molecule has 2 N–H and O–H groups in total. The molecule has 3 heteroatoms. The number of rotatable bonds is 4. The third kappa shape index (κ3) is 4.10. The van der Waals surface area contributed by atoms with Crippen molar-refractivity contribution in [1.82, 2.24) is 10.6 Å². The Bertz CT molecular complexity index is 376. The lowest BCUT2D eigenvalue weighted by Gasteiger charge is -2.12. The van der Waals surface area contributed by atoms with E-state index in [2.05, 4.69) is 43.5 Å². The van der Waals surface area contributed by atoms with Crippen molar-refractivity contribution in [3.63, 3.8) is 0 Å². The van der Waals surface area contributed by atoms with Crippen molar-refractivity contribution in [1.29, 1.82) is 0 Å². The maximum Gasteiger partial charge on any atom is 0.315 e. The summed E-state index contributed by atoms with van der Waals surface area (Å²) in [6.45, 7) is 9.60. The highest BCUT2D eigenvalue weighted by Gasteiger charge is 2.05. The first-order chi connectivity index (χ1) is 8.04. The molecule has 17 heavy (non-hydrogen) atoms. The van der Waals surface area contributed by atoms with Crippen LogP contribution in [0.15, 0.2) is 12.1 Å². The minimum atomic E-state index is -0.0915. The predicted molar refractivity (Wildman–Crippen MR) is 71.2 cm³/mol. The van der Waals surface area contributed by atoms with Gasteiger partial charge in [0.2, 0.25) is 0 Å². The van der Waals surface area contributed by atoms with Crippen LogP contribution in [0.3, 0.4) is 0 Å². The molecule has 0 fully saturated rings. The van der Waals surface area contributed by atoms with Crippen LogP contribution in [0.2, 0.25) is 0 Å². The Morgan fingerprint density at radius 2 is 1.71 bits per heavy atom. The zero-order valence-corrected chi connectivity index (χ0v) is 11.2. The first-order valence-corrected chi connectivity index (χ1v) is 6.13. The first kappa shape index (κ1) is 13.6. The molecule has 0 bridgehead atoms. The minimum Gasteiger partial charge on any atom is -0.338 e. The topological polar surface area (TPSA) is 41.1 Å². The summed E-state index contributed by atoms with van der Waals surface area (Å²) >= 11 is 0. The van der Waals surface area contributed by atoms with Gasteiger partial charge in [0.25, 0.3) is 0 Å². The molecule has 94 valence electrons. The second-order valence-electron chi connectivity index (χ2n) is 4.49. The van der Waals surface area contributed by atoms with E-state index in [0.29, 0.717) is 6.54 Å². The molecular formula is C14H22N2O. The Morgan fingerprint density at radius 1 is 1.12 bits per heavy atom. The molecule has 0 saturated carbocycles. The highest BCUT2D eigenvalue weighted by molar-refractivity contribution is 5.73. The lowest BCUT2D eigenvalue weighted by atomic mass is 10.00. The van der Waals surface area contributed by atoms with E-state index in [1.54, 1.807) is 0 Å². The second kappa shape index (κ2) is 6.28. The molecule has 0 unspecified atom stereocenters. The van der Waals surface area contributed by atoms with E-state index >= 15 is 0 Å². The van der Waals surface area contributed by atoms with Crippen molar-refractivity contribution < 1.29 is 4.79 Å². The monoisotopic (exact) mass is 234 g/mol. The Hall–Kier alpha value is -1.51. The van der Waals surface area contributed by atoms with E-state index in [-0.39, 0.29) is 6.03 Å². The van der Waals surface area contributed by atoms with Gasteiger partial charge in [-0.2, -0.15) is 0 Å². The summed E-state index contributed by atoms with van der Waals surface area (Å²) < 4.78 is 0. The molecule has 0 atom stereocenters. The minimum absolute atomic E-state index is 0.0915. The van der Waals surface area contributed by atoms with Crippen LogP contribution in [-0.2, 0) is 6.54 Å². The quantitative estimate of drug-likeness (QED) is 0.826. The lowest BCUT2D eigenvalue weighted by molar-refractivity contribution is 0.240. The normalized spacial score (nSPS) is 10.1. The summed E-state index contributed by atoms with van der Waals surface area (Å²) in [5, 5.41) is 5.69. The fraction of sp³-hybridized carbons (Fsp3) is 0.500. The van der Waals surface area contributed by atoms with Gasteiger partial charge < -0.3 is 10.6 Å². The van der Waals surface area contributed by atoms with Crippen molar-refractivity contribution in [3.8, 4) is 0 Å². The number of hydrogen-bond acceptors (Lipinski definition) is 1. The van der Waals surface area contributed by atoms with Crippen LogP contribution in [0.5, 0.6) is 0 Å². The van der Waals surface area contributed by atoms with Gasteiger partial charge in [0.05, 0.1) is 0 Å². The van der Waals surface area contributed by atoms with Crippen molar-refractivity contribution in [2.75, 3.05) is 6.54 Å². The zero-order chi connectivity index (χ0) is 12.8. The number of hydrogen-bond donors (Lipinski definition) is 2. The van der Waals surface area contributed by atoms with Gasteiger partial charge in [-0.1, -0.05) is 24.6 Å². The number of benzene rings is 1. The summed E-state index contributed by atoms with van der Waals surface area (Å²) in [6, 6.07) is 4.20. The highest BCUT2D eigenvalue weighted by atomic mass is 16.2. The largest absolute Gasteiger partial charge is 0.338 e. The standard InChI is InChI=1S/C14H22N2O/c1-5-6-15-14(17)16-9-13-11(3)7-10(2)8-12(13)4/h7-8H,5-6,9H2,1-4H3,(H2,15,16,17). The average molecular weight is 234 g/mol. The SMILES string of the molecule is CCCNC(=O)NCc1c(C)cc(C)cc1C. The molecule has 1 aromatic rings. The third-order valence-electron chi connectivity index (χ3n) is 2.80. The third-order valence-corrected chi connectivity index (χ3v) is 2.80. The molecule has 0 aromatic heterocycles. The van der Waals surface area contributed by atoms with Crippen LogP contribution < -0.4 is 10.6 Å². The fourth-order valence-electron chi connectivity index (χ4n) is 1.96. The zero-order valence-electron chi connectivity index (χ0n) is 11.2. The van der Waals surface area contributed by atoms with Gasteiger partial charge in [0.1, 0.15) is 0 Å². The van der Waals surface area contributed by atoms with Gasteiger partial charge >= 0.3 is 6.03 Å². The number of carbonyl (C=O) groups excluding carboxylic acids is 1. The van der Waals surface area contributed by atoms with E-state index < -0.39 is 0 Å². The molecular weight excluding hydrogens is 212 g/mol.